The van der Waals surface area contributed by atoms with Crippen LogP contribution in [0.4, 0.5) is 5.69 Å². The van der Waals surface area contributed by atoms with E-state index in [2.05, 4.69) is 15.6 Å². The fraction of sp³-hybridized carbons (Fsp3) is 0.600. The molecule has 102 valence electrons. The molecule has 2 saturated carbocycles. The Bertz CT molecular complexity index is 457. The van der Waals surface area contributed by atoms with Crippen LogP contribution in [0.15, 0.2) is 18.3 Å². The van der Waals surface area contributed by atoms with Crippen molar-refractivity contribution >= 4 is 11.6 Å². The molecule has 1 amide bonds. The maximum Gasteiger partial charge on any atom is 0.270 e. The molecule has 2 aliphatic rings. The molecule has 2 N–H and O–H groups in total. The second kappa shape index (κ2) is 5.19. The highest BCUT2D eigenvalue weighted by atomic mass is 16.1. The molecule has 1 aromatic heterocycles. The number of nitrogens with one attached hydrogen (secondary N) is 2. The van der Waals surface area contributed by atoms with E-state index in [-0.39, 0.29) is 5.91 Å². The van der Waals surface area contributed by atoms with Crippen molar-refractivity contribution in [1.82, 2.24) is 10.3 Å². The average Bonchev–Trinajstić information content (AvgIpc) is 3.02. The Morgan fingerprint density at radius 3 is 2.84 bits per heavy atom. The first-order chi connectivity index (χ1) is 9.26. The number of carbonyl (C=O) groups is 1. The van der Waals surface area contributed by atoms with Gasteiger partial charge in [-0.05, 0) is 50.2 Å². The number of rotatable bonds is 4. The first-order valence-corrected chi connectivity index (χ1v) is 7.27. The summed E-state index contributed by atoms with van der Waals surface area (Å²) in [7, 11) is 0. The normalized spacial score (nSPS) is 28.4. The molecular formula is C15H21N3O. The second-order valence-corrected chi connectivity index (χ2v) is 5.72. The smallest absolute Gasteiger partial charge is 0.270 e. The largest absolute Gasteiger partial charge is 0.384 e. The quantitative estimate of drug-likeness (QED) is 0.873. The molecule has 1 aromatic rings. The zero-order valence-corrected chi connectivity index (χ0v) is 11.4. The molecule has 2 fully saturated rings. The molecule has 3 unspecified atom stereocenters. The van der Waals surface area contributed by atoms with Gasteiger partial charge in [-0.25, -0.2) is 4.98 Å². The van der Waals surface area contributed by atoms with E-state index in [1.54, 1.807) is 12.3 Å². The van der Waals surface area contributed by atoms with Gasteiger partial charge in [0, 0.05) is 12.6 Å². The van der Waals surface area contributed by atoms with Crippen LogP contribution < -0.4 is 10.6 Å². The second-order valence-electron chi connectivity index (χ2n) is 5.72. The molecule has 4 heteroatoms. The number of hydrogen-bond donors (Lipinski definition) is 2. The molecule has 1 heterocycles. The van der Waals surface area contributed by atoms with Crippen molar-refractivity contribution in [1.29, 1.82) is 0 Å². The average molecular weight is 259 g/mol. The van der Waals surface area contributed by atoms with Gasteiger partial charge in [-0.3, -0.25) is 4.79 Å². The minimum Gasteiger partial charge on any atom is -0.384 e. The summed E-state index contributed by atoms with van der Waals surface area (Å²) in [6.07, 6.45) is 6.82. The summed E-state index contributed by atoms with van der Waals surface area (Å²) in [5.41, 5.74) is 1.48. The maximum atomic E-state index is 12.2. The van der Waals surface area contributed by atoms with Gasteiger partial charge in [-0.1, -0.05) is 6.42 Å². The summed E-state index contributed by atoms with van der Waals surface area (Å²) in [5.74, 6) is 1.52. The van der Waals surface area contributed by atoms with E-state index in [1.165, 1.54) is 19.3 Å². The lowest BCUT2D eigenvalue weighted by molar-refractivity contribution is 0.0918. The van der Waals surface area contributed by atoms with Crippen LogP contribution in [-0.4, -0.2) is 23.5 Å². The van der Waals surface area contributed by atoms with E-state index < -0.39 is 0 Å². The van der Waals surface area contributed by atoms with Crippen molar-refractivity contribution < 1.29 is 4.79 Å². The number of carbonyl (C=O) groups excluding carboxylic acids is 1. The van der Waals surface area contributed by atoms with Crippen molar-refractivity contribution in [2.45, 2.75) is 38.6 Å². The molecule has 0 spiro atoms. The Morgan fingerprint density at radius 1 is 1.37 bits per heavy atom. The number of pyridine rings is 1. The number of amides is 1. The van der Waals surface area contributed by atoms with Crippen LogP contribution in [0.25, 0.3) is 0 Å². The monoisotopic (exact) mass is 259 g/mol. The molecule has 2 aliphatic carbocycles. The molecule has 0 radical (unpaired) electrons. The van der Waals surface area contributed by atoms with E-state index in [1.807, 2.05) is 13.0 Å². The van der Waals surface area contributed by atoms with Gasteiger partial charge in [0.1, 0.15) is 5.69 Å². The molecule has 19 heavy (non-hydrogen) atoms. The highest BCUT2D eigenvalue weighted by Gasteiger charge is 2.40. The third kappa shape index (κ3) is 2.57. The van der Waals surface area contributed by atoms with Gasteiger partial charge in [-0.15, -0.1) is 0 Å². The van der Waals surface area contributed by atoms with E-state index in [9.17, 15) is 4.79 Å². The molecule has 3 atom stereocenters. The summed E-state index contributed by atoms with van der Waals surface area (Å²) < 4.78 is 0. The molecule has 2 bridgehead atoms. The highest BCUT2D eigenvalue weighted by molar-refractivity contribution is 5.92. The van der Waals surface area contributed by atoms with Crippen LogP contribution in [-0.2, 0) is 0 Å². The van der Waals surface area contributed by atoms with E-state index in [0.29, 0.717) is 17.7 Å². The topological polar surface area (TPSA) is 54.0 Å². The number of anilines is 1. The molecule has 0 aliphatic heterocycles. The zero-order valence-electron chi connectivity index (χ0n) is 11.4. The van der Waals surface area contributed by atoms with Crippen LogP contribution in [0.1, 0.15) is 43.1 Å². The predicted octanol–water partition coefficient (Wildman–Crippen LogP) is 2.43. The number of aromatic nitrogens is 1. The first-order valence-electron chi connectivity index (χ1n) is 7.27. The summed E-state index contributed by atoms with van der Waals surface area (Å²) in [6.45, 7) is 2.90. The number of fused-ring (bicyclic) bond motifs is 2. The minimum absolute atomic E-state index is 0.0272. The van der Waals surface area contributed by atoms with E-state index in [4.69, 9.17) is 0 Å². The van der Waals surface area contributed by atoms with Crippen molar-refractivity contribution in [3.8, 4) is 0 Å². The highest BCUT2D eigenvalue weighted by Crippen LogP contribution is 2.44. The SMILES string of the molecule is CCNc1ccc(C(=O)NC2CC3CCC2C3)nc1. The summed E-state index contributed by atoms with van der Waals surface area (Å²) in [6, 6.07) is 4.08. The molecule has 0 aromatic carbocycles. The van der Waals surface area contributed by atoms with Gasteiger partial charge < -0.3 is 10.6 Å². The third-order valence-corrected chi connectivity index (χ3v) is 4.43. The Morgan fingerprint density at radius 2 is 2.26 bits per heavy atom. The fourth-order valence-electron chi connectivity index (χ4n) is 3.50. The Balaban J connectivity index is 1.60. The van der Waals surface area contributed by atoms with Crippen LogP contribution in [0.3, 0.4) is 0 Å². The molecule has 3 rings (SSSR count). The van der Waals surface area contributed by atoms with Gasteiger partial charge >= 0.3 is 0 Å². The molecule has 4 nitrogen and oxygen atoms in total. The van der Waals surface area contributed by atoms with Crippen LogP contribution in [0.2, 0.25) is 0 Å². The van der Waals surface area contributed by atoms with Gasteiger partial charge in [0.25, 0.3) is 5.91 Å². The van der Waals surface area contributed by atoms with E-state index >= 15 is 0 Å². The van der Waals surface area contributed by atoms with Crippen molar-refractivity contribution in [3.63, 3.8) is 0 Å². The summed E-state index contributed by atoms with van der Waals surface area (Å²) in [4.78, 5) is 16.4. The van der Waals surface area contributed by atoms with Crippen LogP contribution in [0, 0.1) is 11.8 Å². The van der Waals surface area contributed by atoms with Crippen molar-refractivity contribution in [2.75, 3.05) is 11.9 Å². The Kier molecular flexibility index (Phi) is 3.40. The number of nitrogens with zero attached hydrogens (tertiary/aromatic N) is 1. The zero-order chi connectivity index (χ0) is 13.2. The lowest BCUT2D eigenvalue weighted by Crippen LogP contribution is -2.38. The van der Waals surface area contributed by atoms with Crippen molar-refractivity contribution in [2.24, 2.45) is 11.8 Å². The number of hydrogen-bond acceptors (Lipinski definition) is 3. The van der Waals surface area contributed by atoms with Crippen molar-refractivity contribution in [3.05, 3.63) is 24.0 Å². The lowest BCUT2D eigenvalue weighted by atomic mass is 9.95. The third-order valence-electron chi connectivity index (χ3n) is 4.43. The molecular weight excluding hydrogens is 238 g/mol. The Labute approximate surface area is 114 Å². The van der Waals surface area contributed by atoms with Crippen LogP contribution >= 0.6 is 0 Å². The maximum absolute atomic E-state index is 12.2. The lowest BCUT2D eigenvalue weighted by Gasteiger charge is -2.22. The fourth-order valence-corrected chi connectivity index (χ4v) is 3.50. The van der Waals surface area contributed by atoms with Gasteiger partial charge in [0.2, 0.25) is 0 Å². The minimum atomic E-state index is -0.0272. The summed E-state index contributed by atoms with van der Waals surface area (Å²) in [5, 5.41) is 6.33. The predicted molar refractivity (Wildman–Crippen MR) is 75.1 cm³/mol. The van der Waals surface area contributed by atoms with E-state index in [0.717, 1.165) is 24.6 Å². The van der Waals surface area contributed by atoms with Gasteiger partial charge in [0.05, 0.1) is 11.9 Å². The summed E-state index contributed by atoms with van der Waals surface area (Å²) >= 11 is 0. The van der Waals surface area contributed by atoms with Gasteiger partial charge in [-0.2, -0.15) is 0 Å². The van der Waals surface area contributed by atoms with Crippen LogP contribution in [0.5, 0.6) is 0 Å². The Hall–Kier alpha value is -1.58. The first kappa shape index (κ1) is 12.5. The van der Waals surface area contributed by atoms with Gasteiger partial charge in [0.15, 0.2) is 0 Å². The molecule has 0 saturated heterocycles. The standard InChI is InChI=1S/C15H21N3O/c1-2-16-12-5-6-13(17-9-12)15(19)18-14-8-10-3-4-11(14)7-10/h5-6,9-11,14,16H,2-4,7-8H2,1H3,(H,18,19).